The van der Waals surface area contributed by atoms with Gasteiger partial charge in [-0.1, -0.05) is 25.7 Å². The molecule has 2 saturated carbocycles. The zero-order chi connectivity index (χ0) is 10.5. The van der Waals surface area contributed by atoms with Gasteiger partial charge in [0, 0.05) is 11.3 Å². The topological polar surface area (TPSA) is 26.0 Å². The van der Waals surface area contributed by atoms with E-state index in [9.17, 15) is 0 Å². The van der Waals surface area contributed by atoms with Gasteiger partial charge >= 0.3 is 0 Å². The number of nitrogens with two attached hydrogens (primary N) is 1. The van der Waals surface area contributed by atoms with E-state index in [-0.39, 0.29) is 0 Å². The van der Waals surface area contributed by atoms with E-state index in [1.54, 1.807) is 0 Å². The molecule has 2 fully saturated rings. The highest BCUT2D eigenvalue weighted by atomic mass is 32.2. The highest BCUT2D eigenvalue weighted by molar-refractivity contribution is 7.99. The number of thioether (sulfide) groups is 1. The molecule has 2 heteroatoms. The molecule has 0 spiro atoms. The maximum atomic E-state index is 6.09. The quantitative estimate of drug-likeness (QED) is 0.794. The Balaban J connectivity index is 1.57. The minimum atomic E-state index is 0.525. The van der Waals surface area contributed by atoms with Crippen molar-refractivity contribution in [2.75, 3.05) is 5.75 Å². The molecule has 0 amide bonds. The fourth-order valence-corrected chi connectivity index (χ4v) is 4.48. The Morgan fingerprint density at radius 2 is 1.73 bits per heavy atom. The van der Waals surface area contributed by atoms with E-state index in [2.05, 4.69) is 11.8 Å². The lowest BCUT2D eigenvalue weighted by molar-refractivity contribution is 0.468. The van der Waals surface area contributed by atoms with Gasteiger partial charge in [0.25, 0.3) is 0 Å². The zero-order valence-corrected chi connectivity index (χ0v) is 10.6. The summed E-state index contributed by atoms with van der Waals surface area (Å²) in [7, 11) is 0. The van der Waals surface area contributed by atoms with Crippen LogP contribution in [0.3, 0.4) is 0 Å². The van der Waals surface area contributed by atoms with Gasteiger partial charge in [-0.3, -0.25) is 0 Å². The van der Waals surface area contributed by atoms with Crippen LogP contribution in [0.2, 0.25) is 0 Å². The minimum absolute atomic E-state index is 0.525. The van der Waals surface area contributed by atoms with Gasteiger partial charge in [0.15, 0.2) is 0 Å². The Hall–Kier alpha value is 0.310. The van der Waals surface area contributed by atoms with Crippen LogP contribution in [-0.2, 0) is 0 Å². The first-order chi connectivity index (χ1) is 7.36. The van der Waals surface area contributed by atoms with Crippen LogP contribution in [0.1, 0.15) is 57.8 Å². The maximum Gasteiger partial charge on any atom is 0.00674 e. The third-order valence-corrected chi connectivity index (χ3v) is 5.53. The van der Waals surface area contributed by atoms with E-state index < -0.39 is 0 Å². The van der Waals surface area contributed by atoms with E-state index >= 15 is 0 Å². The van der Waals surface area contributed by atoms with Crippen LogP contribution >= 0.6 is 11.8 Å². The molecular weight excluding hydrogens is 202 g/mol. The molecule has 0 radical (unpaired) electrons. The second-order valence-electron chi connectivity index (χ2n) is 5.27. The summed E-state index contributed by atoms with van der Waals surface area (Å²) in [5.74, 6) is 2.21. The normalized spacial score (nSPS) is 33.4. The molecule has 0 aromatic carbocycles. The van der Waals surface area contributed by atoms with E-state index in [4.69, 9.17) is 5.73 Å². The summed E-state index contributed by atoms with van der Waals surface area (Å²) in [6.45, 7) is 0. The zero-order valence-electron chi connectivity index (χ0n) is 9.79. The summed E-state index contributed by atoms with van der Waals surface area (Å²) < 4.78 is 0. The summed E-state index contributed by atoms with van der Waals surface area (Å²) in [5, 5.41) is 0.983. The first kappa shape index (κ1) is 11.8. The Kier molecular flexibility index (Phi) is 4.83. The molecule has 2 rings (SSSR count). The van der Waals surface area contributed by atoms with Gasteiger partial charge < -0.3 is 5.73 Å². The Morgan fingerprint density at radius 1 is 0.933 bits per heavy atom. The van der Waals surface area contributed by atoms with Crippen LogP contribution in [-0.4, -0.2) is 17.0 Å². The minimum Gasteiger partial charge on any atom is -0.327 e. The molecule has 2 aliphatic rings. The van der Waals surface area contributed by atoms with E-state index in [1.165, 1.54) is 63.5 Å². The molecule has 2 unspecified atom stereocenters. The lowest BCUT2D eigenvalue weighted by Crippen LogP contribution is -2.25. The SMILES string of the molecule is NC1CCCC1CCSC1CCCCC1. The van der Waals surface area contributed by atoms with Crippen LogP contribution in [0.25, 0.3) is 0 Å². The van der Waals surface area contributed by atoms with Gasteiger partial charge in [0.05, 0.1) is 0 Å². The molecule has 0 aliphatic heterocycles. The molecule has 2 N–H and O–H groups in total. The van der Waals surface area contributed by atoms with Crippen LogP contribution in [0.4, 0.5) is 0 Å². The molecule has 0 aromatic rings. The van der Waals surface area contributed by atoms with Crippen molar-refractivity contribution in [2.45, 2.75) is 69.1 Å². The van der Waals surface area contributed by atoms with Crippen molar-refractivity contribution in [1.82, 2.24) is 0 Å². The first-order valence-electron chi connectivity index (χ1n) is 6.73. The lowest BCUT2D eigenvalue weighted by atomic mass is 10.0. The van der Waals surface area contributed by atoms with Gasteiger partial charge in [0.2, 0.25) is 0 Å². The number of hydrogen-bond donors (Lipinski definition) is 1. The molecule has 88 valence electrons. The predicted octanol–water partition coefficient (Wildman–Crippen LogP) is 3.57. The highest BCUT2D eigenvalue weighted by Crippen LogP contribution is 2.32. The van der Waals surface area contributed by atoms with Crippen molar-refractivity contribution in [1.29, 1.82) is 0 Å². The standard InChI is InChI=1S/C13H25NS/c14-13-8-4-5-11(13)9-10-15-12-6-2-1-3-7-12/h11-13H,1-10,14H2. The lowest BCUT2D eigenvalue weighted by Gasteiger charge is -2.22. The van der Waals surface area contributed by atoms with Gasteiger partial charge in [-0.2, -0.15) is 11.8 Å². The Bertz CT molecular complexity index is 177. The Morgan fingerprint density at radius 3 is 2.40 bits per heavy atom. The van der Waals surface area contributed by atoms with Crippen molar-refractivity contribution in [3.8, 4) is 0 Å². The molecule has 0 saturated heterocycles. The Labute approximate surface area is 98.6 Å². The van der Waals surface area contributed by atoms with E-state index in [0.717, 1.165) is 11.2 Å². The van der Waals surface area contributed by atoms with Crippen LogP contribution in [0, 0.1) is 5.92 Å². The van der Waals surface area contributed by atoms with Gasteiger partial charge in [0.1, 0.15) is 0 Å². The van der Waals surface area contributed by atoms with Gasteiger partial charge in [-0.05, 0) is 43.8 Å². The average Bonchev–Trinajstić information content (AvgIpc) is 2.66. The van der Waals surface area contributed by atoms with Crippen molar-refractivity contribution < 1.29 is 0 Å². The fourth-order valence-electron chi connectivity index (χ4n) is 3.04. The number of hydrogen-bond acceptors (Lipinski definition) is 2. The third-order valence-electron chi connectivity index (χ3n) is 4.11. The van der Waals surface area contributed by atoms with Crippen LogP contribution in [0.5, 0.6) is 0 Å². The summed E-state index contributed by atoms with van der Waals surface area (Å²) in [6, 6.07) is 0.525. The molecule has 2 aliphatic carbocycles. The third kappa shape index (κ3) is 3.67. The average molecular weight is 227 g/mol. The first-order valence-corrected chi connectivity index (χ1v) is 7.78. The summed E-state index contributed by atoms with van der Waals surface area (Å²) in [4.78, 5) is 0. The van der Waals surface area contributed by atoms with Crippen LogP contribution < -0.4 is 5.73 Å². The predicted molar refractivity (Wildman–Crippen MR) is 69.3 cm³/mol. The van der Waals surface area contributed by atoms with E-state index in [0.29, 0.717) is 6.04 Å². The molecule has 1 nitrogen and oxygen atoms in total. The fraction of sp³-hybridized carbons (Fsp3) is 1.00. The van der Waals surface area contributed by atoms with Crippen LogP contribution in [0.15, 0.2) is 0 Å². The van der Waals surface area contributed by atoms with Gasteiger partial charge in [-0.25, -0.2) is 0 Å². The molecule has 0 bridgehead atoms. The second-order valence-corrected chi connectivity index (χ2v) is 6.68. The second kappa shape index (κ2) is 6.15. The van der Waals surface area contributed by atoms with Crippen molar-refractivity contribution >= 4 is 11.8 Å². The largest absolute Gasteiger partial charge is 0.327 e. The monoisotopic (exact) mass is 227 g/mol. The molecular formula is C13H25NS. The summed E-state index contributed by atoms with van der Waals surface area (Å²) in [6.07, 6.45) is 12.8. The summed E-state index contributed by atoms with van der Waals surface area (Å²) in [5.41, 5.74) is 6.09. The van der Waals surface area contributed by atoms with E-state index in [1.807, 2.05) is 0 Å². The highest BCUT2D eigenvalue weighted by Gasteiger charge is 2.23. The molecule has 0 aromatic heterocycles. The molecule has 2 atom stereocenters. The summed E-state index contributed by atoms with van der Waals surface area (Å²) >= 11 is 2.23. The smallest absolute Gasteiger partial charge is 0.00674 e. The maximum absolute atomic E-state index is 6.09. The molecule has 15 heavy (non-hydrogen) atoms. The van der Waals surface area contributed by atoms with Crippen molar-refractivity contribution in [3.05, 3.63) is 0 Å². The van der Waals surface area contributed by atoms with Gasteiger partial charge in [-0.15, -0.1) is 0 Å². The van der Waals surface area contributed by atoms with Crippen molar-refractivity contribution in [3.63, 3.8) is 0 Å². The number of rotatable bonds is 4. The molecule has 0 heterocycles. The van der Waals surface area contributed by atoms with Crippen molar-refractivity contribution in [2.24, 2.45) is 11.7 Å².